The molecular formula is C11H17N3O2. The van der Waals surface area contributed by atoms with E-state index >= 15 is 0 Å². The van der Waals surface area contributed by atoms with Crippen molar-refractivity contribution < 1.29 is 9.47 Å². The maximum absolute atomic E-state index is 5.75. The Morgan fingerprint density at radius 2 is 2.25 bits per heavy atom. The molecule has 88 valence electrons. The highest BCUT2D eigenvalue weighted by atomic mass is 16.5. The van der Waals surface area contributed by atoms with E-state index in [0.29, 0.717) is 18.2 Å². The van der Waals surface area contributed by atoms with E-state index < -0.39 is 0 Å². The van der Waals surface area contributed by atoms with Gasteiger partial charge in [-0.2, -0.15) is 0 Å². The number of rotatable bonds is 3. The standard InChI is InChI=1S/C11H17N3O2/c1-2-16-11-10(7-9(12)8-13-11)14-3-5-15-6-4-14/h7-8H,2-6,12H2,1H3. The van der Waals surface area contributed by atoms with Gasteiger partial charge in [0.2, 0.25) is 5.88 Å². The summed E-state index contributed by atoms with van der Waals surface area (Å²) in [6, 6.07) is 1.91. The first-order valence-electron chi connectivity index (χ1n) is 5.52. The molecule has 0 unspecified atom stereocenters. The topological polar surface area (TPSA) is 60.6 Å². The number of anilines is 2. The second-order valence-corrected chi connectivity index (χ2v) is 3.63. The summed E-state index contributed by atoms with van der Waals surface area (Å²) in [5.41, 5.74) is 7.37. The van der Waals surface area contributed by atoms with E-state index in [2.05, 4.69) is 9.88 Å². The van der Waals surface area contributed by atoms with Crippen molar-refractivity contribution in [3.63, 3.8) is 0 Å². The molecule has 0 atom stereocenters. The molecule has 0 spiro atoms. The van der Waals surface area contributed by atoms with Gasteiger partial charge < -0.3 is 20.1 Å². The van der Waals surface area contributed by atoms with Crippen LogP contribution in [0.3, 0.4) is 0 Å². The number of nitrogens with zero attached hydrogens (tertiary/aromatic N) is 2. The van der Waals surface area contributed by atoms with Gasteiger partial charge in [0, 0.05) is 13.1 Å². The van der Waals surface area contributed by atoms with Crippen LogP contribution in [0.4, 0.5) is 11.4 Å². The summed E-state index contributed by atoms with van der Waals surface area (Å²) in [7, 11) is 0. The first-order valence-corrected chi connectivity index (χ1v) is 5.52. The molecular weight excluding hydrogens is 206 g/mol. The van der Waals surface area contributed by atoms with Gasteiger partial charge in [-0.3, -0.25) is 0 Å². The second kappa shape index (κ2) is 5.03. The normalized spacial score (nSPS) is 16.2. The number of nitrogen functional groups attached to an aromatic ring is 1. The Balaban J connectivity index is 2.24. The van der Waals surface area contributed by atoms with Gasteiger partial charge in [-0.1, -0.05) is 0 Å². The number of hydrogen-bond acceptors (Lipinski definition) is 5. The Hall–Kier alpha value is -1.49. The van der Waals surface area contributed by atoms with Crippen molar-refractivity contribution in [3.05, 3.63) is 12.3 Å². The molecule has 1 aliphatic heterocycles. The smallest absolute Gasteiger partial charge is 0.237 e. The van der Waals surface area contributed by atoms with Gasteiger partial charge >= 0.3 is 0 Å². The molecule has 2 heterocycles. The molecule has 0 amide bonds. The molecule has 2 N–H and O–H groups in total. The molecule has 2 rings (SSSR count). The van der Waals surface area contributed by atoms with E-state index in [-0.39, 0.29) is 0 Å². The zero-order valence-corrected chi connectivity index (χ0v) is 9.48. The first-order chi connectivity index (χ1) is 7.81. The van der Waals surface area contributed by atoms with Crippen molar-refractivity contribution in [2.45, 2.75) is 6.92 Å². The maximum Gasteiger partial charge on any atom is 0.237 e. The van der Waals surface area contributed by atoms with Gasteiger partial charge in [-0.25, -0.2) is 4.98 Å². The minimum atomic E-state index is 0.605. The molecule has 0 aliphatic carbocycles. The second-order valence-electron chi connectivity index (χ2n) is 3.63. The number of morpholine rings is 1. The summed E-state index contributed by atoms with van der Waals surface area (Å²) in [5.74, 6) is 0.651. The molecule has 0 bridgehead atoms. The Morgan fingerprint density at radius 1 is 1.50 bits per heavy atom. The van der Waals surface area contributed by atoms with Crippen LogP contribution < -0.4 is 15.4 Å². The zero-order valence-electron chi connectivity index (χ0n) is 9.48. The van der Waals surface area contributed by atoms with E-state index in [1.54, 1.807) is 6.20 Å². The summed E-state index contributed by atoms with van der Waals surface area (Å²) in [4.78, 5) is 6.41. The van der Waals surface area contributed by atoms with Crippen LogP contribution in [0.1, 0.15) is 6.92 Å². The van der Waals surface area contributed by atoms with Crippen LogP contribution in [0, 0.1) is 0 Å². The van der Waals surface area contributed by atoms with E-state index in [0.717, 1.165) is 32.0 Å². The third kappa shape index (κ3) is 2.36. The van der Waals surface area contributed by atoms with Gasteiger partial charge in [0.1, 0.15) is 5.69 Å². The van der Waals surface area contributed by atoms with E-state index in [1.807, 2.05) is 13.0 Å². The van der Waals surface area contributed by atoms with Gasteiger partial charge in [-0.15, -0.1) is 0 Å². The van der Waals surface area contributed by atoms with Gasteiger partial charge in [0.25, 0.3) is 0 Å². The van der Waals surface area contributed by atoms with E-state index in [4.69, 9.17) is 15.2 Å². The molecule has 5 nitrogen and oxygen atoms in total. The van der Waals surface area contributed by atoms with Crippen LogP contribution in [-0.4, -0.2) is 37.9 Å². The largest absolute Gasteiger partial charge is 0.476 e. The SMILES string of the molecule is CCOc1ncc(N)cc1N1CCOCC1. The van der Waals surface area contributed by atoms with Crippen LogP contribution in [0.5, 0.6) is 5.88 Å². The first kappa shape index (κ1) is 11.0. The minimum Gasteiger partial charge on any atom is -0.476 e. The van der Waals surface area contributed by atoms with Crippen molar-refractivity contribution >= 4 is 11.4 Å². The van der Waals surface area contributed by atoms with E-state index in [1.165, 1.54) is 0 Å². The van der Waals surface area contributed by atoms with Crippen LogP contribution in [0.2, 0.25) is 0 Å². The fourth-order valence-electron chi connectivity index (χ4n) is 1.73. The summed E-state index contributed by atoms with van der Waals surface area (Å²) in [6.07, 6.45) is 1.62. The molecule has 0 saturated carbocycles. The Morgan fingerprint density at radius 3 is 2.94 bits per heavy atom. The Labute approximate surface area is 95.2 Å². The molecule has 0 aromatic carbocycles. The Bertz CT molecular complexity index is 351. The fourth-order valence-corrected chi connectivity index (χ4v) is 1.73. The van der Waals surface area contributed by atoms with Gasteiger partial charge in [-0.05, 0) is 13.0 Å². The quantitative estimate of drug-likeness (QED) is 0.825. The summed E-state index contributed by atoms with van der Waals surface area (Å²) in [6.45, 7) is 5.73. The van der Waals surface area contributed by atoms with Gasteiger partial charge in [0.15, 0.2) is 0 Å². The third-order valence-corrected chi connectivity index (χ3v) is 2.49. The number of nitrogens with two attached hydrogens (primary N) is 1. The number of hydrogen-bond donors (Lipinski definition) is 1. The lowest BCUT2D eigenvalue weighted by molar-refractivity contribution is 0.122. The molecule has 5 heteroatoms. The van der Waals surface area contributed by atoms with Crippen molar-refractivity contribution in [1.29, 1.82) is 0 Å². The molecule has 0 radical (unpaired) electrons. The highest BCUT2D eigenvalue weighted by Crippen LogP contribution is 2.28. The monoisotopic (exact) mass is 223 g/mol. The highest BCUT2D eigenvalue weighted by molar-refractivity contribution is 5.61. The van der Waals surface area contributed by atoms with Crippen molar-refractivity contribution in [2.24, 2.45) is 0 Å². The van der Waals surface area contributed by atoms with Crippen LogP contribution >= 0.6 is 0 Å². The molecule has 16 heavy (non-hydrogen) atoms. The lowest BCUT2D eigenvalue weighted by Crippen LogP contribution is -2.36. The summed E-state index contributed by atoms with van der Waals surface area (Å²) < 4.78 is 10.8. The van der Waals surface area contributed by atoms with Crippen LogP contribution in [0.15, 0.2) is 12.3 Å². The molecule has 1 aliphatic rings. The third-order valence-electron chi connectivity index (χ3n) is 2.49. The number of pyridine rings is 1. The molecule has 1 aromatic rings. The van der Waals surface area contributed by atoms with Crippen molar-refractivity contribution in [2.75, 3.05) is 43.5 Å². The lowest BCUT2D eigenvalue weighted by atomic mass is 10.3. The summed E-state index contributed by atoms with van der Waals surface area (Å²) in [5, 5.41) is 0. The summed E-state index contributed by atoms with van der Waals surface area (Å²) >= 11 is 0. The van der Waals surface area contributed by atoms with Gasteiger partial charge in [0.05, 0.1) is 31.7 Å². The van der Waals surface area contributed by atoms with Crippen molar-refractivity contribution in [3.8, 4) is 5.88 Å². The molecule has 1 fully saturated rings. The Kier molecular flexibility index (Phi) is 3.46. The van der Waals surface area contributed by atoms with E-state index in [9.17, 15) is 0 Å². The molecule has 1 saturated heterocycles. The predicted molar refractivity (Wildman–Crippen MR) is 62.9 cm³/mol. The number of ether oxygens (including phenoxy) is 2. The maximum atomic E-state index is 5.75. The van der Waals surface area contributed by atoms with Crippen molar-refractivity contribution in [1.82, 2.24) is 4.98 Å². The lowest BCUT2D eigenvalue weighted by Gasteiger charge is -2.29. The fraction of sp³-hybridized carbons (Fsp3) is 0.545. The average molecular weight is 223 g/mol. The zero-order chi connectivity index (χ0) is 11.4. The van der Waals surface area contributed by atoms with Crippen LogP contribution in [-0.2, 0) is 4.74 Å². The van der Waals surface area contributed by atoms with Crippen LogP contribution in [0.25, 0.3) is 0 Å². The number of aromatic nitrogens is 1. The minimum absolute atomic E-state index is 0.605. The predicted octanol–water partition coefficient (Wildman–Crippen LogP) is 0.899. The highest BCUT2D eigenvalue weighted by Gasteiger charge is 2.16. The molecule has 1 aromatic heterocycles. The average Bonchev–Trinajstić information content (AvgIpc) is 2.33.